The molecule has 1 saturated carbocycles. The summed E-state index contributed by atoms with van der Waals surface area (Å²) in [5.74, 6) is 0.0526. The molecule has 0 aliphatic heterocycles. The van der Waals surface area contributed by atoms with E-state index in [9.17, 15) is 4.79 Å². The summed E-state index contributed by atoms with van der Waals surface area (Å²) in [7, 11) is 3.52. The summed E-state index contributed by atoms with van der Waals surface area (Å²) in [5, 5.41) is 0. The quantitative estimate of drug-likeness (QED) is 0.815. The molecule has 0 spiro atoms. The number of nitrogens with two attached hydrogens (primary N) is 1. The summed E-state index contributed by atoms with van der Waals surface area (Å²) in [5.41, 5.74) is 6.32. The van der Waals surface area contributed by atoms with Crippen LogP contribution in [0.1, 0.15) is 46.0 Å². The standard InChI is InChI=1S/C14H28N2O2/c1-14(2)8-5-11(6-9-14)16(3)13(17)12(15)7-10-18-4/h11-12H,5-10,15H2,1-4H3. The van der Waals surface area contributed by atoms with Crippen LogP contribution in [0.15, 0.2) is 0 Å². The maximum Gasteiger partial charge on any atom is 0.239 e. The number of carbonyl (C=O) groups is 1. The molecule has 4 heteroatoms. The highest BCUT2D eigenvalue weighted by atomic mass is 16.5. The summed E-state index contributed by atoms with van der Waals surface area (Å²) in [6.07, 6.45) is 5.14. The molecule has 1 unspecified atom stereocenters. The van der Waals surface area contributed by atoms with Gasteiger partial charge in [-0.15, -0.1) is 0 Å². The van der Waals surface area contributed by atoms with Gasteiger partial charge in [0.2, 0.25) is 5.91 Å². The van der Waals surface area contributed by atoms with Gasteiger partial charge in [-0.2, -0.15) is 0 Å². The number of amides is 1. The normalized spacial score (nSPS) is 21.6. The Labute approximate surface area is 111 Å². The Hall–Kier alpha value is -0.610. The SMILES string of the molecule is COCCC(N)C(=O)N(C)C1CCC(C)(C)CC1. The lowest BCUT2D eigenvalue weighted by atomic mass is 9.75. The van der Waals surface area contributed by atoms with Gasteiger partial charge in [0.25, 0.3) is 0 Å². The zero-order chi connectivity index (χ0) is 13.8. The maximum atomic E-state index is 12.2. The third-order valence-electron chi connectivity index (χ3n) is 4.15. The number of hydrogen-bond donors (Lipinski definition) is 1. The molecule has 1 rings (SSSR count). The van der Waals surface area contributed by atoms with Crippen LogP contribution in [-0.2, 0) is 9.53 Å². The van der Waals surface area contributed by atoms with Gasteiger partial charge in [-0.3, -0.25) is 4.79 Å². The fourth-order valence-corrected chi connectivity index (χ4v) is 2.58. The van der Waals surface area contributed by atoms with Gasteiger partial charge in [0.1, 0.15) is 0 Å². The Bertz CT molecular complexity index is 269. The van der Waals surface area contributed by atoms with Gasteiger partial charge in [0.05, 0.1) is 6.04 Å². The smallest absolute Gasteiger partial charge is 0.239 e. The van der Waals surface area contributed by atoms with Gasteiger partial charge < -0.3 is 15.4 Å². The molecule has 106 valence electrons. The number of nitrogens with zero attached hydrogens (tertiary/aromatic N) is 1. The molecular weight excluding hydrogens is 228 g/mol. The molecule has 0 saturated heterocycles. The average Bonchev–Trinajstić information content (AvgIpc) is 2.34. The summed E-state index contributed by atoms with van der Waals surface area (Å²) < 4.78 is 4.96. The van der Waals surface area contributed by atoms with Crippen LogP contribution in [0, 0.1) is 5.41 Å². The van der Waals surface area contributed by atoms with Crippen molar-refractivity contribution < 1.29 is 9.53 Å². The average molecular weight is 256 g/mol. The molecule has 18 heavy (non-hydrogen) atoms. The molecule has 0 aromatic carbocycles. The highest BCUT2D eigenvalue weighted by Gasteiger charge is 2.31. The predicted octanol–water partition coefficient (Wildman–Crippen LogP) is 1.78. The van der Waals surface area contributed by atoms with Crippen LogP contribution in [0.2, 0.25) is 0 Å². The van der Waals surface area contributed by atoms with E-state index in [4.69, 9.17) is 10.5 Å². The predicted molar refractivity (Wildman–Crippen MR) is 73.3 cm³/mol. The number of carbonyl (C=O) groups excluding carboxylic acids is 1. The first-order valence-corrected chi connectivity index (χ1v) is 6.88. The van der Waals surface area contributed by atoms with Gasteiger partial charge >= 0.3 is 0 Å². The van der Waals surface area contributed by atoms with Crippen LogP contribution >= 0.6 is 0 Å². The minimum Gasteiger partial charge on any atom is -0.385 e. The van der Waals surface area contributed by atoms with Gasteiger partial charge in [-0.1, -0.05) is 13.8 Å². The summed E-state index contributed by atoms with van der Waals surface area (Å²) in [6.45, 7) is 5.14. The van der Waals surface area contributed by atoms with Crippen molar-refractivity contribution in [3.05, 3.63) is 0 Å². The molecule has 1 aliphatic carbocycles. The van der Waals surface area contributed by atoms with E-state index in [0.717, 1.165) is 12.8 Å². The van der Waals surface area contributed by atoms with E-state index in [2.05, 4.69) is 13.8 Å². The molecular formula is C14H28N2O2. The molecule has 0 heterocycles. The van der Waals surface area contributed by atoms with Crippen LogP contribution in [0.4, 0.5) is 0 Å². The van der Waals surface area contributed by atoms with Crippen LogP contribution < -0.4 is 5.73 Å². The van der Waals surface area contributed by atoms with Crippen LogP contribution in [0.5, 0.6) is 0 Å². The van der Waals surface area contributed by atoms with Crippen molar-refractivity contribution in [2.45, 2.75) is 58.0 Å². The Balaban J connectivity index is 2.44. The Kier molecular flexibility index (Phi) is 5.60. The lowest BCUT2D eigenvalue weighted by Crippen LogP contribution is -2.48. The second-order valence-electron chi connectivity index (χ2n) is 6.23. The zero-order valence-corrected chi connectivity index (χ0v) is 12.2. The first-order chi connectivity index (χ1) is 8.37. The van der Waals surface area contributed by atoms with Crippen LogP contribution in [0.3, 0.4) is 0 Å². The number of ether oxygens (including phenoxy) is 1. The van der Waals surface area contributed by atoms with Crippen LogP contribution in [0.25, 0.3) is 0 Å². The molecule has 1 fully saturated rings. The van der Waals surface area contributed by atoms with Crippen molar-refractivity contribution in [3.63, 3.8) is 0 Å². The molecule has 0 aromatic heterocycles. The summed E-state index contributed by atoms with van der Waals surface area (Å²) in [6, 6.07) is -0.0657. The van der Waals surface area contributed by atoms with E-state index >= 15 is 0 Å². The Morgan fingerprint density at radius 3 is 2.50 bits per heavy atom. The largest absolute Gasteiger partial charge is 0.385 e. The fourth-order valence-electron chi connectivity index (χ4n) is 2.58. The number of methoxy groups -OCH3 is 1. The minimum atomic E-state index is -0.426. The van der Waals surface area contributed by atoms with Gasteiger partial charge in [-0.25, -0.2) is 0 Å². The van der Waals surface area contributed by atoms with Gasteiger partial charge in [-0.05, 0) is 37.5 Å². The van der Waals surface area contributed by atoms with Crippen molar-refractivity contribution in [2.24, 2.45) is 11.1 Å². The lowest BCUT2D eigenvalue weighted by Gasteiger charge is -2.39. The number of hydrogen-bond acceptors (Lipinski definition) is 3. The summed E-state index contributed by atoms with van der Waals surface area (Å²) >= 11 is 0. The van der Waals surface area contributed by atoms with E-state index in [1.54, 1.807) is 7.11 Å². The number of rotatable bonds is 5. The van der Waals surface area contributed by atoms with Crippen LogP contribution in [-0.4, -0.2) is 43.7 Å². The van der Waals surface area contributed by atoms with Gasteiger partial charge in [0.15, 0.2) is 0 Å². The third kappa shape index (κ3) is 4.25. The zero-order valence-electron chi connectivity index (χ0n) is 12.2. The molecule has 2 N–H and O–H groups in total. The molecule has 1 atom stereocenters. The molecule has 1 amide bonds. The van der Waals surface area contributed by atoms with E-state index in [-0.39, 0.29) is 5.91 Å². The molecule has 0 aromatic rings. The van der Waals surface area contributed by atoms with Crippen molar-refractivity contribution in [2.75, 3.05) is 20.8 Å². The first kappa shape index (κ1) is 15.4. The van der Waals surface area contributed by atoms with E-state index in [1.807, 2.05) is 11.9 Å². The van der Waals surface area contributed by atoms with Crippen molar-refractivity contribution in [1.29, 1.82) is 0 Å². The highest BCUT2D eigenvalue weighted by molar-refractivity contribution is 5.81. The third-order valence-corrected chi connectivity index (χ3v) is 4.15. The van der Waals surface area contributed by atoms with Crippen molar-refractivity contribution in [1.82, 2.24) is 4.90 Å². The highest BCUT2D eigenvalue weighted by Crippen LogP contribution is 2.36. The molecule has 4 nitrogen and oxygen atoms in total. The number of likely N-dealkylation sites (N-methyl/N-ethyl adjacent to an activating group) is 1. The second kappa shape index (κ2) is 6.53. The van der Waals surface area contributed by atoms with Crippen molar-refractivity contribution in [3.8, 4) is 0 Å². The fraction of sp³-hybridized carbons (Fsp3) is 0.929. The lowest BCUT2D eigenvalue weighted by molar-refractivity contribution is -0.134. The van der Waals surface area contributed by atoms with Gasteiger partial charge in [0, 0.05) is 26.8 Å². The Morgan fingerprint density at radius 2 is 2.00 bits per heavy atom. The van der Waals surface area contributed by atoms with E-state index < -0.39 is 6.04 Å². The minimum absolute atomic E-state index is 0.0526. The van der Waals surface area contributed by atoms with E-state index in [1.165, 1.54) is 12.8 Å². The monoisotopic (exact) mass is 256 g/mol. The first-order valence-electron chi connectivity index (χ1n) is 6.88. The Morgan fingerprint density at radius 1 is 1.44 bits per heavy atom. The topological polar surface area (TPSA) is 55.6 Å². The second-order valence-corrected chi connectivity index (χ2v) is 6.23. The van der Waals surface area contributed by atoms with Crippen molar-refractivity contribution >= 4 is 5.91 Å². The van der Waals surface area contributed by atoms with E-state index in [0.29, 0.717) is 24.5 Å². The molecule has 0 radical (unpaired) electrons. The molecule has 1 aliphatic rings. The maximum absolute atomic E-state index is 12.2. The molecule has 0 bridgehead atoms. The summed E-state index contributed by atoms with van der Waals surface area (Å²) in [4.78, 5) is 14.0.